The summed E-state index contributed by atoms with van der Waals surface area (Å²) in [5, 5.41) is 9.95. The highest BCUT2D eigenvalue weighted by Crippen LogP contribution is 2.23. The zero-order chi connectivity index (χ0) is 12.3. The van der Waals surface area contributed by atoms with Crippen molar-refractivity contribution < 1.29 is 0 Å². The van der Waals surface area contributed by atoms with E-state index in [-0.39, 0.29) is 0 Å². The minimum atomic E-state index is 0.673. The van der Waals surface area contributed by atoms with Crippen LogP contribution >= 0.6 is 9.39 Å². The first kappa shape index (κ1) is 11.7. The number of hydrogen-bond donors (Lipinski definition) is 0. The zero-order valence-corrected chi connectivity index (χ0v) is 10.9. The highest BCUT2D eigenvalue weighted by Gasteiger charge is 2.05. The Balaban J connectivity index is 2.57. The molecule has 0 N–H and O–H groups in total. The van der Waals surface area contributed by atoms with Crippen LogP contribution in [-0.4, -0.2) is 4.34 Å². The van der Waals surface area contributed by atoms with Crippen molar-refractivity contribution in [3.05, 3.63) is 35.5 Å². The normalized spacial score (nSPS) is 9.71. The quantitative estimate of drug-likeness (QED) is 0.555. The van der Waals surface area contributed by atoms with Crippen molar-refractivity contribution in [2.24, 2.45) is 0 Å². The van der Waals surface area contributed by atoms with Crippen LogP contribution in [0.25, 0.3) is 10.9 Å². The number of benzene rings is 1. The van der Waals surface area contributed by atoms with E-state index < -0.39 is 0 Å². The van der Waals surface area contributed by atoms with E-state index in [4.69, 9.17) is 5.26 Å². The Morgan fingerprint density at radius 2 is 2.24 bits per heavy atom. The predicted molar refractivity (Wildman–Crippen MR) is 73.5 cm³/mol. The fraction of sp³-hybridized carbons (Fsp3) is 0.214. The van der Waals surface area contributed by atoms with Crippen molar-refractivity contribution in [2.75, 3.05) is 0 Å². The summed E-state index contributed by atoms with van der Waals surface area (Å²) in [6.07, 6.45) is 3.95. The third-order valence-corrected chi connectivity index (χ3v) is 2.99. The van der Waals surface area contributed by atoms with Crippen molar-refractivity contribution in [3.63, 3.8) is 0 Å². The molecule has 0 bridgehead atoms. The average Bonchev–Trinajstić information content (AvgIpc) is 2.66. The van der Waals surface area contributed by atoms with Gasteiger partial charge in [0.2, 0.25) is 0 Å². The molecule has 0 aliphatic carbocycles. The molecule has 1 aromatic heterocycles. The molecule has 0 aliphatic rings. The molecule has 0 amide bonds. The third kappa shape index (κ3) is 2.33. The lowest BCUT2D eigenvalue weighted by atomic mass is 10.1. The summed E-state index contributed by atoms with van der Waals surface area (Å²) in [6.45, 7) is 2.11. The zero-order valence-electron chi connectivity index (χ0n) is 9.70. The molecule has 0 radical (unpaired) electrons. The van der Waals surface area contributed by atoms with Crippen molar-refractivity contribution >= 4 is 20.3 Å². The van der Waals surface area contributed by atoms with Crippen LogP contribution in [0.1, 0.15) is 30.9 Å². The number of aromatic nitrogens is 1. The molecule has 17 heavy (non-hydrogen) atoms. The van der Waals surface area contributed by atoms with E-state index in [9.17, 15) is 0 Å². The topological polar surface area (TPSA) is 28.7 Å². The molecule has 2 aromatic rings. The van der Waals surface area contributed by atoms with Crippen LogP contribution in [0.4, 0.5) is 0 Å². The summed E-state index contributed by atoms with van der Waals surface area (Å²) in [4.78, 5) is 0. The van der Waals surface area contributed by atoms with Crippen LogP contribution in [-0.2, 0) is 0 Å². The first-order valence-electron chi connectivity index (χ1n) is 5.55. The highest BCUT2D eigenvalue weighted by molar-refractivity contribution is 7.14. The first-order chi connectivity index (χ1) is 8.26. The van der Waals surface area contributed by atoms with Gasteiger partial charge in [0.05, 0.1) is 22.7 Å². The van der Waals surface area contributed by atoms with Gasteiger partial charge in [-0.25, -0.2) is 0 Å². The van der Waals surface area contributed by atoms with Crippen LogP contribution in [0.15, 0.2) is 24.4 Å². The lowest BCUT2D eigenvalue weighted by Gasteiger charge is -1.94. The van der Waals surface area contributed by atoms with E-state index in [0.29, 0.717) is 5.56 Å². The summed E-state index contributed by atoms with van der Waals surface area (Å²) < 4.78 is 1.96. The van der Waals surface area contributed by atoms with Crippen LogP contribution in [0.2, 0.25) is 0 Å². The van der Waals surface area contributed by atoms with Crippen molar-refractivity contribution in [2.45, 2.75) is 19.8 Å². The lowest BCUT2D eigenvalue weighted by molar-refractivity contribution is 0.983. The van der Waals surface area contributed by atoms with E-state index in [1.807, 2.05) is 28.7 Å². The Labute approximate surface area is 103 Å². The number of fused-ring (bicyclic) bond motifs is 1. The molecule has 3 heteroatoms. The third-order valence-electron chi connectivity index (χ3n) is 2.56. The Morgan fingerprint density at radius 1 is 1.41 bits per heavy atom. The van der Waals surface area contributed by atoms with Crippen molar-refractivity contribution in [1.29, 1.82) is 5.26 Å². The lowest BCUT2D eigenvalue weighted by Crippen LogP contribution is -1.77. The Hall–Kier alpha value is -1.76. The number of nitriles is 1. The molecule has 0 spiro atoms. The largest absolute Gasteiger partial charge is 0.331 e. The highest BCUT2D eigenvalue weighted by atomic mass is 31.0. The van der Waals surface area contributed by atoms with Gasteiger partial charge in [0.1, 0.15) is 0 Å². The Morgan fingerprint density at radius 3 is 2.94 bits per heavy atom. The minimum Gasteiger partial charge on any atom is -0.331 e. The molecular weight excluding hydrogens is 227 g/mol. The van der Waals surface area contributed by atoms with Gasteiger partial charge in [-0.05, 0) is 34.0 Å². The van der Waals surface area contributed by atoms with Crippen LogP contribution < -0.4 is 0 Å². The smallest absolute Gasteiger partial charge is 0.0991 e. The van der Waals surface area contributed by atoms with Crippen molar-refractivity contribution in [3.8, 4) is 17.9 Å². The van der Waals surface area contributed by atoms with E-state index in [1.54, 1.807) is 0 Å². The fourth-order valence-electron chi connectivity index (χ4n) is 1.71. The number of unbranched alkanes of at least 4 members (excludes halogenated alkanes) is 1. The molecule has 0 saturated heterocycles. The van der Waals surface area contributed by atoms with E-state index >= 15 is 0 Å². The predicted octanol–water partition coefficient (Wildman–Crippen LogP) is 3.30. The molecule has 0 fully saturated rings. The summed E-state index contributed by atoms with van der Waals surface area (Å²) in [7, 11) is 2.64. The van der Waals surface area contributed by atoms with Crippen LogP contribution in [0.3, 0.4) is 0 Å². The first-order valence-corrected chi connectivity index (χ1v) is 6.07. The number of rotatable bonds is 1. The Kier molecular flexibility index (Phi) is 3.48. The van der Waals surface area contributed by atoms with E-state index in [2.05, 4.69) is 34.2 Å². The maximum Gasteiger partial charge on any atom is 0.0991 e. The van der Waals surface area contributed by atoms with Gasteiger partial charge < -0.3 is 4.34 Å². The van der Waals surface area contributed by atoms with Gasteiger partial charge in [0.15, 0.2) is 0 Å². The second-order valence-electron chi connectivity index (χ2n) is 3.85. The van der Waals surface area contributed by atoms with Gasteiger partial charge >= 0.3 is 0 Å². The summed E-state index contributed by atoms with van der Waals surface area (Å²) in [6, 6.07) is 7.83. The standard InChI is InChI=1S/C14H13N2P/c1-2-3-4-5-12-10-16(17)14-7-6-11(9-15)8-13(12)14/h6-8,10H,2-3,17H2,1H3. The Bertz CT molecular complexity index is 650. The molecule has 2 nitrogen and oxygen atoms in total. The summed E-state index contributed by atoms with van der Waals surface area (Å²) in [5.41, 5.74) is 2.74. The molecule has 1 aromatic carbocycles. The van der Waals surface area contributed by atoms with Crippen molar-refractivity contribution in [1.82, 2.24) is 4.34 Å². The molecular formula is C14H13N2P. The van der Waals surface area contributed by atoms with Crippen LogP contribution in [0, 0.1) is 23.2 Å². The maximum absolute atomic E-state index is 8.91. The number of nitrogens with zero attached hydrogens (tertiary/aromatic N) is 2. The SMILES string of the molecule is CCCC#Cc1cn(P)c2ccc(C#N)cc12. The van der Waals surface area contributed by atoms with Gasteiger partial charge in [-0.2, -0.15) is 5.26 Å². The number of hydrogen-bond acceptors (Lipinski definition) is 1. The van der Waals surface area contributed by atoms with Gasteiger partial charge in [-0.1, -0.05) is 18.8 Å². The minimum absolute atomic E-state index is 0.673. The molecule has 0 saturated carbocycles. The second kappa shape index (κ2) is 5.05. The monoisotopic (exact) mass is 240 g/mol. The molecule has 1 heterocycles. The molecule has 1 atom stereocenters. The van der Waals surface area contributed by atoms with E-state index in [1.165, 1.54) is 0 Å². The average molecular weight is 240 g/mol. The van der Waals surface area contributed by atoms with Gasteiger partial charge in [-0.15, -0.1) is 0 Å². The fourth-order valence-corrected chi connectivity index (χ4v) is 2.08. The van der Waals surface area contributed by atoms with E-state index in [0.717, 1.165) is 29.3 Å². The van der Waals surface area contributed by atoms with Gasteiger partial charge in [-0.3, -0.25) is 0 Å². The summed E-state index contributed by atoms with van der Waals surface area (Å²) in [5.74, 6) is 6.31. The van der Waals surface area contributed by atoms with Gasteiger partial charge in [0, 0.05) is 18.0 Å². The molecule has 84 valence electrons. The van der Waals surface area contributed by atoms with Crippen LogP contribution in [0.5, 0.6) is 0 Å². The maximum atomic E-state index is 8.91. The molecule has 0 aliphatic heterocycles. The molecule has 2 rings (SSSR count). The van der Waals surface area contributed by atoms with Gasteiger partial charge in [0.25, 0.3) is 0 Å². The molecule has 1 unspecified atom stereocenters. The second-order valence-corrected chi connectivity index (χ2v) is 4.40. The summed E-state index contributed by atoms with van der Waals surface area (Å²) >= 11 is 0.